The fourth-order valence-corrected chi connectivity index (χ4v) is 2.28. The molecule has 4 nitrogen and oxygen atoms in total. The molecule has 0 aliphatic rings. The summed E-state index contributed by atoms with van der Waals surface area (Å²) in [5, 5.41) is 0. The first-order chi connectivity index (χ1) is 10.3. The molecule has 0 aliphatic heterocycles. The lowest BCUT2D eigenvalue weighted by molar-refractivity contribution is 0.184. The molecule has 0 bridgehead atoms. The van der Waals surface area contributed by atoms with Crippen LogP contribution >= 0.6 is 0 Å². The lowest BCUT2D eigenvalue weighted by Gasteiger charge is -2.19. The lowest BCUT2D eigenvalue weighted by atomic mass is 10.2. The highest BCUT2D eigenvalue weighted by Crippen LogP contribution is 2.11. The minimum atomic E-state index is 0.663. The summed E-state index contributed by atoms with van der Waals surface area (Å²) >= 11 is 0. The molecule has 0 fully saturated rings. The van der Waals surface area contributed by atoms with Gasteiger partial charge in [0.25, 0.3) is 0 Å². The second-order valence-electron chi connectivity index (χ2n) is 5.43. The molecular weight excluding hydrogens is 262 g/mol. The van der Waals surface area contributed by atoms with E-state index in [0.717, 1.165) is 32.6 Å². The summed E-state index contributed by atoms with van der Waals surface area (Å²) in [6.45, 7) is 10.7. The zero-order valence-electron chi connectivity index (χ0n) is 13.9. The molecule has 0 aromatic carbocycles. The number of nitrogens with one attached hydrogen (secondary N) is 1. The zero-order valence-corrected chi connectivity index (χ0v) is 13.9. The largest absolute Gasteiger partial charge is 0.388 e. The first-order valence-corrected chi connectivity index (χ1v) is 8.37. The molecule has 0 radical (unpaired) electrons. The van der Waals surface area contributed by atoms with Crippen LogP contribution < -0.4 is 10.3 Å². The van der Waals surface area contributed by atoms with Gasteiger partial charge in [0.05, 0.1) is 0 Å². The van der Waals surface area contributed by atoms with E-state index in [9.17, 15) is 0 Å². The lowest BCUT2D eigenvalue weighted by Crippen LogP contribution is -2.24. The molecule has 0 saturated heterocycles. The SMILES string of the molecule is CCCCCCNOc1cc(CN(CC)CCC)ccn1. The molecule has 0 aliphatic carbocycles. The molecular formula is C17H31N3O. The quantitative estimate of drug-likeness (QED) is 0.470. The van der Waals surface area contributed by atoms with Crippen LogP contribution in [0.1, 0.15) is 58.4 Å². The van der Waals surface area contributed by atoms with E-state index in [1.165, 1.54) is 31.2 Å². The molecule has 120 valence electrons. The summed E-state index contributed by atoms with van der Waals surface area (Å²) in [4.78, 5) is 12.2. The van der Waals surface area contributed by atoms with Crippen LogP contribution in [0, 0.1) is 0 Å². The Hall–Kier alpha value is -1.13. The van der Waals surface area contributed by atoms with Crippen LogP contribution in [-0.4, -0.2) is 29.5 Å². The molecule has 1 rings (SSSR count). The van der Waals surface area contributed by atoms with Crippen LogP contribution in [-0.2, 0) is 6.54 Å². The molecule has 0 saturated carbocycles. The van der Waals surface area contributed by atoms with Gasteiger partial charge >= 0.3 is 0 Å². The fourth-order valence-electron chi connectivity index (χ4n) is 2.28. The predicted octanol–water partition coefficient (Wildman–Crippen LogP) is 3.78. The average Bonchev–Trinajstić information content (AvgIpc) is 2.51. The van der Waals surface area contributed by atoms with E-state index in [0.29, 0.717) is 5.88 Å². The second kappa shape index (κ2) is 11.5. The molecule has 4 heteroatoms. The van der Waals surface area contributed by atoms with Gasteiger partial charge in [-0.15, -0.1) is 0 Å². The minimum absolute atomic E-state index is 0.663. The maximum atomic E-state index is 5.52. The average molecular weight is 293 g/mol. The van der Waals surface area contributed by atoms with Crippen molar-refractivity contribution < 1.29 is 4.84 Å². The third kappa shape index (κ3) is 8.02. The molecule has 0 amide bonds. The smallest absolute Gasteiger partial charge is 0.238 e. The molecule has 0 spiro atoms. The van der Waals surface area contributed by atoms with E-state index in [1.807, 2.05) is 12.3 Å². The van der Waals surface area contributed by atoms with Crippen molar-refractivity contribution in [2.24, 2.45) is 0 Å². The van der Waals surface area contributed by atoms with E-state index < -0.39 is 0 Å². The number of hydrogen-bond acceptors (Lipinski definition) is 4. The second-order valence-corrected chi connectivity index (χ2v) is 5.43. The number of hydroxylamine groups is 1. The van der Waals surface area contributed by atoms with Crippen molar-refractivity contribution in [1.29, 1.82) is 0 Å². The van der Waals surface area contributed by atoms with Crippen LogP contribution in [0.15, 0.2) is 18.3 Å². The molecule has 0 atom stereocenters. The molecule has 21 heavy (non-hydrogen) atoms. The highest BCUT2D eigenvalue weighted by atomic mass is 16.7. The van der Waals surface area contributed by atoms with Gasteiger partial charge in [0.2, 0.25) is 5.88 Å². The monoisotopic (exact) mass is 293 g/mol. The van der Waals surface area contributed by atoms with E-state index >= 15 is 0 Å². The maximum Gasteiger partial charge on any atom is 0.238 e. The number of aromatic nitrogens is 1. The van der Waals surface area contributed by atoms with E-state index in [2.05, 4.69) is 42.2 Å². The Kier molecular flexibility index (Phi) is 9.83. The summed E-state index contributed by atoms with van der Waals surface area (Å²) in [6.07, 6.45) is 7.96. The number of pyridine rings is 1. The Bertz CT molecular complexity index is 371. The fraction of sp³-hybridized carbons (Fsp3) is 0.706. The Morgan fingerprint density at radius 3 is 2.71 bits per heavy atom. The zero-order chi connectivity index (χ0) is 15.3. The van der Waals surface area contributed by atoms with Gasteiger partial charge < -0.3 is 4.84 Å². The minimum Gasteiger partial charge on any atom is -0.388 e. The number of hydrogen-bond donors (Lipinski definition) is 1. The Morgan fingerprint density at radius 1 is 1.14 bits per heavy atom. The van der Waals surface area contributed by atoms with Gasteiger partial charge in [0.15, 0.2) is 0 Å². The maximum absolute atomic E-state index is 5.52. The van der Waals surface area contributed by atoms with Crippen molar-refractivity contribution in [3.8, 4) is 5.88 Å². The van der Waals surface area contributed by atoms with Crippen molar-refractivity contribution in [3.63, 3.8) is 0 Å². The van der Waals surface area contributed by atoms with Gasteiger partial charge in [-0.05, 0) is 37.6 Å². The number of rotatable bonds is 12. The normalized spacial score (nSPS) is 11.0. The predicted molar refractivity (Wildman–Crippen MR) is 88.3 cm³/mol. The highest BCUT2D eigenvalue weighted by molar-refractivity contribution is 5.20. The molecule has 1 aromatic rings. The van der Waals surface area contributed by atoms with Crippen LogP contribution in [0.4, 0.5) is 0 Å². The van der Waals surface area contributed by atoms with Crippen molar-refractivity contribution in [1.82, 2.24) is 15.4 Å². The summed E-state index contributed by atoms with van der Waals surface area (Å²) in [7, 11) is 0. The molecule has 1 aromatic heterocycles. The van der Waals surface area contributed by atoms with Gasteiger partial charge in [-0.1, -0.05) is 40.0 Å². The van der Waals surface area contributed by atoms with Crippen molar-refractivity contribution in [2.75, 3.05) is 19.6 Å². The number of unbranched alkanes of at least 4 members (excludes halogenated alkanes) is 3. The summed E-state index contributed by atoms with van der Waals surface area (Å²) < 4.78 is 0. The standard InChI is InChI=1S/C17H31N3O/c1-4-7-8-9-11-19-21-17-14-16(10-12-18-17)15-20(6-3)13-5-2/h10,12,14,19H,4-9,11,13,15H2,1-3H3. The van der Waals surface area contributed by atoms with Gasteiger partial charge in [0, 0.05) is 25.4 Å². The van der Waals surface area contributed by atoms with Gasteiger partial charge in [-0.25, -0.2) is 4.98 Å². The summed E-state index contributed by atoms with van der Waals surface area (Å²) in [5.74, 6) is 0.663. The van der Waals surface area contributed by atoms with Crippen molar-refractivity contribution >= 4 is 0 Å². The molecule has 0 unspecified atom stereocenters. The Labute approximate surface area is 129 Å². The first-order valence-electron chi connectivity index (χ1n) is 8.37. The Morgan fingerprint density at radius 2 is 2.00 bits per heavy atom. The highest BCUT2D eigenvalue weighted by Gasteiger charge is 2.04. The third-order valence-electron chi connectivity index (χ3n) is 3.50. The van der Waals surface area contributed by atoms with Crippen molar-refractivity contribution in [3.05, 3.63) is 23.9 Å². The van der Waals surface area contributed by atoms with Crippen LogP contribution in [0.2, 0.25) is 0 Å². The van der Waals surface area contributed by atoms with Gasteiger partial charge in [-0.2, -0.15) is 5.48 Å². The van der Waals surface area contributed by atoms with E-state index in [4.69, 9.17) is 4.84 Å². The Balaban J connectivity index is 2.34. The number of nitrogens with zero attached hydrogens (tertiary/aromatic N) is 2. The van der Waals surface area contributed by atoms with Crippen LogP contribution in [0.3, 0.4) is 0 Å². The molecule has 1 N–H and O–H groups in total. The van der Waals surface area contributed by atoms with Gasteiger partial charge in [-0.3, -0.25) is 4.90 Å². The summed E-state index contributed by atoms with van der Waals surface area (Å²) in [5.41, 5.74) is 4.26. The topological polar surface area (TPSA) is 37.4 Å². The third-order valence-corrected chi connectivity index (χ3v) is 3.50. The van der Waals surface area contributed by atoms with E-state index in [-0.39, 0.29) is 0 Å². The van der Waals surface area contributed by atoms with Gasteiger partial charge in [0.1, 0.15) is 0 Å². The summed E-state index contributed by atoms with van der Waals surface area (Å²) in [6, 6.07) is 4.09. The van der Waals surface area contributed by atoms with Crippen LogP contribution in [0.5, 0.6) is 5.88 Å². The molecule has 1 heterocycles. The first kappa shape index (κ1) is 17.9. The van der Waals surface area contributed by atoms with Crippen molar-refractivity contribution in [2.45, 2.75) is 59.4 Å². The van der Waals surface area contributed by atoms with Crippen LogP contribution in [0.25, 0.3) is 0 Å². The van der Waals surface area contributed by atoms with E-state index in [1.54, 1.807) is 0 Å².